The third-order valence-corrected chi connectivity index (χ3v) is 5.87. The molecule has 3 aromatic rings. The van der Waals surface area contributed by atoms with Crippen LogP contribution in [0.25, 0.3) is 10.9 Å². The maximum absolute atomic E-state index is 12.8. The Morgan fingerprint density at radius 1 is 1.10 bits per heavy atom. The highest BCUT2D eigenvalue weighted by atomic mass is 16.6. The molecular weight excluding hydrogens is 366 g/mol. The lowest BCUT2D eigenvalue weighted by molar-refractivity contribution is -0.0363. The molecule has 0 saturated carbocycles. The van der Waals surface area contributed by atoms with E-state index in [-0.39, 0.29) is 12.0 Å². The molecular formula is C23H21N3O3. The van der Waals surface area contributed by atoms with Gasteiger partial charge < -0.3 is 9.64 Å². The van der Waals surface area contributed by atoms with Gasteiger partial charge >= 0.3 is 12.0 Å². The van der Waals surface area contributed by atoms with Crippen molar-refractivity contribution < 1.29 is 14.3 Å². The number of carbonyl (C=O) groups excluding carboxylic acids is 2. The number of urea groups is 1. The predicted molar refractivity (Wildman–Crippen MR) is 110 cm³/mol. The Labute approximate surface area is 168 Å². The van der Waals surface area contributed by atoms with E-state index in [9.17, 15) is 9.59 Å². The third kappa shape index (κ3) is 3.01. The van der Waals surface area contributed by atoms with Crippen molar-refractivity contribution in [3.05, 3.63) is 71.3 Å². The molecule has 0 radical (unpaired) electrons. The first-order valence-corrected chi connectivity index (χ1v) is 9.80. The van der Waals surface area contributed by atoms with Gasteiger partial charge in [0.05, 0.1) is 11.1 Å². The summed E-state index contributed by atoms with van der Waals surface area (Å²) in [5.41, 5.74) is 2.96. The summed E-state index contributed by atoms with van der Waals surface area (Å²) < 4.78 is 5.76. The van der Waals surface area contributed by atoms with Crippen molar-refractivity contribution in [3.63, 3.8) is 0 Å². The van der Waals surface area contributed by atoms with Gasteiger partial charge in [0.15, 0.2) is 0 Å². The van der Waals surface area contributed by atoms with Crippen LogP contribution in [-0.2, 0) is 10.3 Å². The Morgan fingerprint density at radius 2 is 1.86 bits per heavy atom. The summed E-state index contributed by atoms with van der Waals surface area (Å²) in [6.45, 7) is 3.05. The molecule has 0 bridgehead atoms. The van der Waals surface area contributed by atoms with Crippen LogP contribution in [0.4, 0.5) is 10.6 Å². The normalized spacial score (nSPS) is 17.3. The number of benzene rings is 2. The molecule has 5 rings (SSSR count). The molecule has 1 N–H and O–H groups in total. The molecule has 0 aliphatic carbocycles. The molecule has 6 nitrogen and oxygen atoms in total. The Hall–Kier alpha value is -3.41. The van der Waals surface area contributed by atoms with Crippen LogP contribution in [0, 0.1) is 6.92 Å². The van der Waals surface area contributed by atoms with E-state index in [0.717, 1.165) is 22.0 Å². The molecule has 2 aromatic carbocycles. The molecule has 29 heavy (non-hydrogen) atoms. The average molecular weight is 387 g/mol. The van der Waals surface area contributed by atoms with E-state index in [0.29, 0.717) is 37.3 Å². The van der Waals surface area contributed by atoms with Gasteiger partial charge in [0.2, 0.25) is 0 Å². The lowest BCUT2D eigenvalue weighted by Crippen LogP contribution is -2.46. The van der Waals surface area contributed by atoms with Gasteiger partial charge in [-0.15, -0.1) is 0 Å². The maximum atomic E-state index is 12.8. The van der Waals surface area contributed by atoms with Crippen molar-refractivity contribution in [2.45, 2.75) is 25.4 Å². The highest BCUT2D eigenvalue weighted by Gasteiger charge is 2.47. The number of amides is 2. The highest BCUT2D eigenvalue weighted by Crippen LogP contribution is 2.43. The first kappa shape index (κ1) is 17.7. The molecule has 1 fully saturated rings. The average Bonchev–Trinajstić information content (AvgIpc) is 3.00. The maximum Gasteiger partial charge on any atom is 0.339 e. The first-order chi connectivity index (χ1) is 14.0. The van der Waals surface area contributed by atoms with Crippen LogP contribution in [-0.4, -0.2) is 35.0 Å². The standard InChI is InChI=1S/C23H21N3O3/c1-15-6-7-16-8-9-20(24-19(16)14-15)25-22(28)26-12-10-23(11-13-26)18-5-3-2-4-17(18)21(27)29-23/h2-9,14H,10-13H2,1H3,(H,24,25,28). The van der Waals surface area contributed by atoms with Crippen molar-refractivity contribution in [2.24, 2.45) is 0 Å². The van der Waals surface area contributed by atoms with Crippen LogP contribution in [0.15, 0.2) is 54.6 Å². The molecule has 1 aromatic heterocycles. The second-order valence-corrected chi connectivity index (χ2v) is 7.74. The fourth-order valence-corrected chi connectivity index (χ4v) is 4.27. The second-order valence-electron chi connectivity index (χ2n) is 7.74. The second kappa shape index (κ2) is 6.58. The van der Waals surface area contributed by atoms with Crippen molar-refractivity contribution in [1.29, 1.82) is 0 Å². The van der Waals surface area contributed by atoms with Crippen LogP contribution in [0.3, 0.4) is 0 Å². The largest absolute Gasteiger partial charge is 0.450 e. The summed E-state index contributed by atoms with van der Waals surface area (Å²) in [6, 6.07) is 17.2. The van der Waals surface area contributed by atoms with Gasteiger partial charge in [-0.25, -0.2) is 14.6 Å². The summed E-state index contributed by atoms with van der Waals surface area (Å²) in [6.07, 6.45) is 1.18. The third-order valence-electron chi connectivity index (χ3n) is 5.87. The number of likely N-dealkylation sites (tertiary alicyclic amines) is 1. The van der Waals surface area contributed by atoms with E-state index in [1.54, 1.807) is 11.0 Å². The molecule has 2 aliphatic heterocycles. The number of fused-ring (bicyclic) bond motifs is 3. The molecule has 146 valence electrons. The Bertz CT molecular complexity index is 1130. The SMILES string of the molecule is Cc1ccc2ccc(NC(=O)N3CCC4(CC3)OC(=O)c3ccccc34)nc2c1. The number of aryl methyl sites for hydroxylation is 1. The van der Waals surface area contributed by atoms with Gasteiger partial charge in [-0.2, -0.15) is 0 Å². The van der Waals surface area contributed by atoms with Crippen molar-refractivity contribution in [3.8, 4) is 0 Å². The van der Waals surface area contributed by atoms with Crippen LogP contribution >= 0.6 is 0 Å². The van der Waals surface area contributed by atoms with Crippen LogP contribution in [0.2, 0.25) is 0 Å². The molecule has 0 unspecified atom stereocenters. The number of aromatic nitrogens is 1. The zero-order valence-corrected chi connectivity index (χ0v) is 16.1. The number of esters is 1. The van der Waals surface area contributed by atoms with Gasteiger partial charge in [0.1, 0.15) is 11.4 Å². The van der Waals surface area contributed by atoms with Crippen molar-refractivity contribution in [2.75, 3.05) is 18.4 Å². The van der Waals surface area contributed by atoms with Gasteiger partial charge in [-0.1, -0.05) is 30.3 Å². The molecule has 1 spiro atoms. The molecule has 6 heteroatoms. The van der Waals surface area contributed by atoms with Crippen molar-refractivity contribution in [1.82, 2.24) is 9.88 Å². The number of ether oxygens (including phenoxy) is 1. The molecule has 1 saturated heterocycles. The smallest absolute Gasteiger partial charge is 0.339 e. The predicted octanol–water partition coefficient (Wildman–Crippen LogP) is 4.24. The zero-order chi connectivity index (χ0) is 20.0. The summed E-state index contributed by atoms with van der Waals surface area (Å²) >= 11 is 0. The number of hydrogen-bond donors (Lipinski definition) is 1. The van der Waals surface area contributed by atoms with Crippen LogP contribution in [0.1, 0.15) is 34.3 Å². The summed E-state index contributed by atoms with van der Waals surface area (Å²) in [4.78, 5) is 31.3. The molecule has 2 amide bonds. The number of piperidine rings is 1. The summed E-state index contributed by atoms with van der Waals surface area (Å²) in [5.74, 6) is 0.264. The monoisotopic (exact) mass is 387 g/mol. The first-order valence-electron chi connectivity index (χ1n) is 9.80. The Morgan fingerprint density at radius 3 is 2.69 bits per heavy atom. The number of carbonyl (C=O) groups is 2. The highest BCUT2D eigenvalue weighted by molar-refractivity contribution is 5.95. The lowest BCUT2D eigenvalue weighted by Gasteiger charge is -2.38. The summed E-state index contributed by atoms with van der Waals surface area (Å²) in [7, 11) is 0. The van der Waals surface area contributed by atoms with Crippen LogP contribution < -0.4 is 5.32 Å². The molecule has 3 heterocycles. The lowest BCUT2D eigenvalue weighted by atomic mass is 9.84. The fourth-order valence-electron chi connectivity index (χ4n) is 4.27. The van der Waals surface area contributed by atoms with Crippen molar-refractivity contribution >= 4 is 28.7 Å². The van der Waals surface area contributed by atoms with Gasteiger partial charge in [-0.3, -0.25) is 5.32 Å². The molecule has 0 atom stereocenters. The van der Waals surface area contributed by atoms with E-state index in [1.165, 1.54) is 0 Å². The quantitative estimate of drug-likeness (QED) is 0.634. The number of anilines is 1. The van der Waals surface area contributed by atoms with Crippen LogP contribution in [0.5, 0.6) is 0 Å². The topological polar surface area (TPSA) is 71.5 Å². The number of nitrogens with zero attached hydrogens (tertiary/aromatic N) is 2. The Balaban J connectivity index is 1.29. The van der Waals surface area contributed by atoms with Gasteiger partial charge in [0, 0.05) is 36.9 Å². The van der Waals surface area contributed by atoms with Gasteiger partial charge in [-0.05, 0) is 36.8 Å². The zero-order valence-electron chi connectivity index (χ0n) is 16.1. The van der Waals surface area contributed by atoms with E-state index >= 15 is 0 Å². The number of hydrogen-bond acceptors (Lipinski definition) is 4. The minimum atomic E-state index is -0.608. The number of nitrogens with one attached hydrogen (secondary N) is 1. The minimum Gasteiger partial charge on any atom is -0.450 e. The van der Waals surface area contributed by atoms with E-state index < -0.39 is 5.60 Å². The number of rotatable bonds is 1. The van der Waals surface area contributed by atoms with E-state index in [4.69, 9.17) is 4.74 Å². The fraction of sp³-hybridized carbons (Fsp3) is 0.261. The summed E-state index contributed by atoms with van der Waals surface area (Å²) in [5, 5.41) is 3.94. The number of pyridine rings is 1. The van der Waals surface area contributed by atoms with E-state index in [1.807, 2.05) is 55.5 Å². The minimum absolute atomic E-state index is 0.183. The van der Waals surface area contributed by atoms with Gasteiger partial charge in [0.25, 0.3) is 0 Å². The van der Waals surface area contributed by atoms with E-state index in [2.05, 4.69) is 10.3 Å². The molecule has 2 aliphatic rings. The Kier molecular flexibility index (Phi) is 4.01.